The van der Waals surface area contributed by atoms with Crippen LogP contribution in [0.3, 0.4) is 0 Å². The lowest BCUT2D eigenvalue weighted by atomic mass is 10.0. The highest BCUT2D eigenvalue weighted by Gasteiger charge is 2.36. The van der Waals surface area contributed by atoms with Gasteiger partial charge in [-0.25, -0.2) is 0 Å². The standard InChI is InChI=1S/C19H24N4O2/c20-18(24)17-5-3-9-23(17)15-6-10-21(11-7-15)19(25)14-12-16-4-1-2-8-22(16)13-14/h1-2,4,8,12-13,15,17H,3,5-7,9-11H2,(H2,20,24). The SMILES string of the molecule is NC(=O)C1CCCN1C1CCN(C(=O)c2cc3ccccn3c2)CC1. The van der Waals surface area contributed by atoms with Crippen LogP contribution in [0.25, 0.3) is 5.52 Å². The summed E-state index contributed by atoms with van der Waals surface area (Å²) in [4.78, 5) is 28.6. The van der Waals surface area contributed by atoms with Crippen molar-refractivity contribution in [2.24, 2.45) is 5.73 Å². The van der Waals surface area contributed by atoms with E-state index in [2.05, 4.69) is 4.90 Å². The first-order valence-electron chi connectivity index (χ1n) is 9.04. The first-order chi connectivity index (χ1) is 12.1. The number of primary amides is 1. The van der Waals surface area contributed by atoms with Gasteiger partial charge in [-0.3, -0.25) is 14.5 Å². The van der Waals surface area contributed by atoms with Crippen molar-refractivity contribution in [3.63, 3.8) is 0 Å². The highest BCUT2D eigenvalue weighted by atomic mass is 16.2. The maximum absolute atomic E-state index is 12.8. The number of pyridine rings is 1. The van der Waals surface area contributed by atoms with Crippen LogP contribution in [0.15, 0.2) is 36.7 Å². The molecule has 4 rings (SSSR count). The largest absolute Gasteiger partial charge is 0.368 e. The quantitative estimate of drug-likeness (QED) is 0.920. The van der Waals surface area contributed by atoms with Gasteiger partial charge in [-0.1, -0.05) is 6.07 Å². The minimum atomic E-state index is -0.212. The second-order valence-electron chi connectivity index (χ2n) is 7.08. The number of amides is 2. The third-order valence-electron chi connectivity index (χ3n) is 5.59. The topological polar surface area (TPSA) is 71.1 Å². The van der Waals surface area contributed by atoms with Gasteiger partial charge in [0.1, 0.15) is 0 Å². The number of carbonyl (C=O) groups excluding carboxylic acids is 2. The first kappa shape index (κ1) is 16.1. The summed E-state index contributed by atoms with van der Waals surface area (Å²) in [5.74, 6) is -0.119. The molecule has 6 heteroatoms. The molecule has 2 aliphatic rings. The van der Waals surface area contributed by atoms with Gasteiger partial charge in [-0.2, -0.15) is 0 Å². The number of hydrogen-bond donors (Lipinski definition) is 1. The van der Waals surface area contributed by atoms with Crippen LogP contribution in [-0.4, -0.2) is 57.7 Å². The van der Waals surface area contributed by atoms with E-state index in [-0.39, 0.29) is 17.9 Å². The van der Waals surface area contributed by atoms with Crippen LogP contribution >= 0.6 is 0 Å². The molecular weight excluding hydrogens is 316 g/mol. The molecule has 1 atom stereocenters. The Balaban J connectivity index is 1.41. The molecular formula is C19H24N4O2. The van der Waals surface area contributed by atoms with Gasteiger partial charge >= 0.3 is 0 Å². The van der Waals surface area contributed by atoms with Crippen LogP contribution in [0.1, 0.15) is 36.0 Å². The Labute approximate surface area is 147 Å². The normalized spacial score (nSPS) is 22.6. The van der Waals surface area contributed by atoms with E-state index in [1.54, 1.807) is 0 Å². The minimum absolute atomic E-state index is 0.0926. The van der Waals surface area contributed by atoms with Crippen molar-refractivity contribution in [3.05, 3.63) is 42.2 Å². The molecule has 2 amide bonds. The predicted octanol–water partition coefficient (Wildman–Crippen LogP) is 1.49. The summed E-state index contributed by atoms with van der Waals surface area (Å²) in [5, 5.41) is 0. The molecule has 0 saturated carbocycles. The van der Waals surface area contributed by atoms with Gasteiger partial charge in [-0.15, -0.1) is 0 Å². The molecule has 0 aliphatic carbocycles. The van der Waals surface area contributed by atoms with Crippen LogP contribution in [0, 0.1) is 0 Å². The number of likely N-dealkylation sites (tertiary alicyclic amines) is 2. The summed E-state index contributed by atoms with van der Waals surface area (Å²) < 4.78 is 1.97. The zero-order valence-electron chi connectivity index (χ0n) is 14.3. The molecule has 2 aromatic heterocycles. The van der Waals surface area contributed by atoms with E-state index in [0.29, 0.717) is 6.04 Å². The van der Waals surface area contributed by atoms with E-state index >= 15 is 0 Å². The maximum Gasteiger partial charge on any atom is 0.255 e. The van der Waals surface area contributed by atoms with E-state index in [0.717, 1.165) is 56.4 Å². The summed E-state index contributed by atoms with van der Waals surface area (Å²) in [6.07, 6.45) is 7.56. The number of nitrogens with two attached hydrogens (primary N) is 1. The number of hydrogen-bond acceptors (Lipinski definition) is 3. The molecule has 2 aliphatic heterocycles. The molecule has 0 radical (unpaired) electrons. The van der Waals surface area contributed by atoms with Gasteiger partial charge in [0.05, 0.1) is 11.6 Å². The zero-order valence-corrected chi connectivity index (χ0v) is 14.3. The smallest absolute Gasteiger partial charge is 0.255 e. The van der Waals surface area contributed by atoms with Gasteiger partial charge in [0.25, 0.3) is 5.91 Å². The lowest BCUT2D eigenvalue weighted by molar-refractivity contribution is -0.123. The summed E-state index contributed by atoms with van der Waals surface area (Å²) >= 11 is 0. The molecule has 0 aromatic carbocycles. The Morgan fingerprint density at radius 2 is 1.88 bits per heavy atom. The Morgan fingerprint density at radius 3 is 2.60 bits per heavy atom. The van der Waals surface area contributed by atoms with Gasteiger partial charge < -0.3 is 15.0 Å². The Hall–Kier alpha value is -2.34. The van der Waals surface area contributed by atoms with Gasteiger partial charge in [-0.05, 0) is 50.4 Å². The fraction of sp³-hybridized carbons (Fsp3) is 0.474. The molecule has 2 aromatic rings. The summed E-state index contributed by atoms with van der Waals surface area (Å²) in [6, 6.07) is 8.11. The molecule has 25 heavy (non-hydrogen) atoms. The van der Waals surface area contributed by atoms with Gasteiger partial charge in [0.15, 0.2) is 0 Å². The van der Waals surface area contributed by atoms with Crippen molar-refractivity contribution in [2.75, 3.05) is 19.6 Å². The van der Waals surface area contributed by atoms with Crippen LogP contribution in [0.4, 0.5) is 0 Å². The lowest BCUT2D eigenvalue weighted by Crippen LogP contribution is -2.51. The molecule has 2 saturated heterocycles. The van der Waals surface area contributed by atoms with E-state index in [1.807, 2.05) is 46.0 Å². The van der Waals surface area contributed by atoms with Crippen LogP contribution in [0.5, 0.6) is 0 Å². The Kier molecular flexibility index (Phi) is 4.21. The van der Waals surface area contributed by atoms with E-state index < -0.39 is 0 Å². The highest BCUT2D eigenvalue weighted by Crippen LogP contribution is 2.26. The Morgan fingerprint density at radius 1 is 1.08 bits per heavy atom. The fourth-order valence-corrected chi connectivity index (χ4v) is 4.29. The molecule has 6 nitrogen and oxygen atoms in total. The first-order valence-corrected chi connectivity index (χ1v) is 9.04. The average molecular weight is 340 g/mol. The van der Waals surface area contributed by atoms with Crippen molar-refractivity contribution in [1.82, 2.24) is 14.2 Å². The van der Waals surface area contributed by atoms with Crippen LogP contribution < -0.4 is 5.73 Å². The summed E-state index contributed by atoms with van der Waals surface area (Å²) in [5.41, 5.74) is 7.30. The van der Waals surface area contributed by atoms with Crippen molar-refractivity contribution >= 4 is 17.3 Å². The van der Waals surface area contributed by atoms with E-state index in [9.17, 15) is 9.59 Å². The van der Waals surface area contributed by atoms with Crippen LogP contribution in [-0.2, 0) is 4.79 Å². The van der Waals surface area contributed by atoms with E-state index in [1.165, 1.54) is 0 Å². The fourth-order valence-electron chi connectivity index (χ4n) is 4.29. The number of piperidine rings is 1. The minimum Gasteiger partial charge on any atom is -0.368 e. The molecule has 132 valence electrons. The number of rotatable bonds is 3. The molecule has 0 bridgehead atoms. The summed E-state index contributed by atoms with van der Waals surface area (Å²) in [7, 11) is 0. The molecule has 0 spiro atoms. The van der Waals surface area contributed by atoms with Gasteiger partial charge in [0.2, 0.25) is 5.91 Å². The number of fused-ring (bicyclic) bond motifs is 1. The molecule has 2 N–H and O–H groups in total. The number of carbonyl (C=O) groups is 2. The molecule has 1 unspecified atom stereocenters. The summed E-state index contributed by atoms with van der Waals surface area (Å²) in [6.45, 7) is 2.41. The van der Waals surface area contributed by atoms with Gasteiger partial charge in [0, 0.05) is 37.0 Å². The van der Waals surface area contributed by atoms with Crippen molar-refractivity contribution < 1.29 is 9.59 Å². The third kappa shape index (κ3) is 3.02. The monoisotopic (exact) mass is 340 g/mol. The zero-order chi connectivity index (χ0) is 17.4. The second-order valence-corrected chi connectivity index (χ2v) is 7.08. The maximum atomic E-state index is 12.8. The van der Waals surface area contributed by atoms with Crippen molar-refractivity contribution in [3.8, 4) is 0 Å². The van der Waals surface area contributed by atoms with E-state index in [4.69, 9.17) is 5.73 Å². The molecule has 2 fully saturated rings. The van der Waals surface area contributed by atoms with Crippen LogP contribution in [0.2, 0.25) is 0 Å². The third-order valence-corrected chi connectivity index (χ3v) is 5.59. The number of nitrogens with zero attached hydrogens (tertiary/aromatic N) is 3. The van der Waals surface area contributed by atoms with Crippen molar-refractivity contribution in [1.29, 1.82) is 0 Å². The highest BCUT2D eigenvalue weighted by molar-refractivity contribution is 5.95. The number of aromatic nitrogens is 1. The Bertz CT molecular complexity index is 759. The predicted molar refractivity (Wildman–Crippen MR) is 95.2 cm³/mol. The average Bonchev–Trinajstić information content (AvgIpc) is 3.28. The molecule has 4 heterocycles. The second kappa shape index (κ2) is 6.52. The van der Waals surface area contributed by atoms with Crippen molar-refractivity contribution in [2.45, 2.75) is 37.8 Å². The lowest BCUT2D eigenvalue weighted by Gasteiger charge is -2.38.